The van der Waals surface area contributed by atoms with Gasteiger partial charge in [0.25, 0.3) is 5.91 Å². The van der Waals surface area contributed by atoms with Crippen LogP contribution in [0.3, 0.4) is 0 Å². The summed E-state index contributed by atoms with van der Waals surface area (Å²) in [5.74, 6) is 6.17. The second-order valence-corrected chi connectivity index (χ2v) is 4.98. The van der Waals surface area contributed by atoms with Crippen molar-refractivity contribution >= 4 is 5.91 Å². The Bertz CT molecular complexity index is 458. The van der Waals surface area contributed by atoms with Crippen LogP contribution in [0, 0.1) is 11.8 Å². The fourth-order valence-corrected chi connectivity index (χ4v) is 2.47. The van der Waals surface area contributed by atoms with E-state index in [4.69, 9.17) is 9.47 Å². The molecule has 1 aliphatic heterocycles. The number of morpholine rings is 1. The van der Waals surface area contributed by atoms with Crippen LogP contribution in [0.2, 0.25) is 0 Å². The summed E-state index contributed by atoms with van der Waals surface area (Å²) >= 11 is 0. The molecule has 20 heavy (non-hydrogen) atoms. The molecule has 4 nitrogen and oxygen atoms in total. The zero-order chi connectivity index (χ0) is 14.4. The Hall–Kier alpha value is -1.57. The minimum atomic E-state index is -0.536. The van der Waals surface area contributed by atoms with E-state index in [1.54, 1.807) is 13.2 Å². The molecule has 108 valence electrons. The summed E-state index contributed by atoms with van der Waals surface area (Å²) in [6, 6.07) is -0.0335. The lowest BCUT2D eigenvalue weighted by Crippen LogP contribution is -2.55. The van der Waals surface area contributed by atoms with Crippen LogP contribution in [-0.4, -0.2) is 49.8 Å². The van der Waals surface area contributed by atoms with Gasteiger partial charge in [-0.25, -0.2) is 0 Å². The van der Waals surface area contributed by atoms with Gasteiger partial charge < -0.3 is 14.4 Å². The van der Waals surface area contributed by atoms with Gasteiger partial charge in [-0.15, -0.1) is 5.92 Å². The molecule has 0 spiro atoms. The smallest absolute Gasteiger partial charge is 0.256 e. The van der Waals surface area contributed by atoms with Gasteiger partial charge in [-0.2, -0.15) is 0 Å². The second-order valence-electron chi connectivity index (χ2n) is 4.98. The molecule has 1 amide bonds. The van der Waals surface area contributed by atoms with Gasteiger partial charge >= 0.3 is 0 Å². The molecule has 0 aromatic carbocycles. The lowest BCUT2D eigenvalue weighted by molar-refractivity contribution is -0.156. The summed E-state index contributed by atoms with van der Waals surface area (Å²) < 4.78 is 10.7. The summed E-state index contributed by atoms with van der Waals surface area (Å²) in [6.07, 6.45) is 5.72. The van der Waals surface area contributed by atoms with Crippen molar-refractivity contribution in [3.63, 3.8) is 0 Å². The van der Waals surface area contributed by atoms with Crippen LogP contribution in [0.5, 0.6) is 0 Å². The highest BCUT2D eigenvalue weighted by molar-refractivity contribution is 5.84. The summed E-state index contributed by atoms with van der Waals surface area (Å²) in [6.45, 7) is 5.26. The maximum atomic E-state index is 12.4. The van der Waals surface area contributed by atoms with Crippen molar-refractivity contribution in [3.05, 3.63) is 24.3 Å². The molecule has 0 radical (unpaired) electrons. The Morgan fingerprint density at radius 3 is 3.20 bits per heavy atom. The van der Waals surface area contributed by atoms with Crippen LogP contribution in [0.1, 0.15) is 19.3 Å². The third-order valence-corrected chi connectivity index (χ3v) is 3.57. The van der Waals surface area contributed by atoms with Crippen molar-refractivity contribution in [3.8, 4) is 11.8 Å². The topological polar surface area (TPSA) is 38.8 Å². The zero-order valence-corrected chi connectivity index (χ0v) is 11.9. The number of carbonyl (C=O) groups is 1. The molecule has 0 bridgehead atoms. The molecule has 0 aromatic heterocycles. The standard InChI is InChI=1S/C16H21NO3/c1-3-15-16(18)17(14(11-19-2)12-20-15)10-13-8-6-4-5-7-9-13/h3,8,14-15H,1,6-7,9-12H2,2H3. The highest BCUT2D eigenvalue weighted by atomic mass is 16.5. The van der Waals surface area contributed by atoms with E-state index < -0.39 is 6.10 Å². The first-order valence-corrected chi connectivity index (χ1v) is 6.93. The fourth-order valence-electron chi connectivity index (χ4n) is 2.47. The molecule has 0 saturated carbocycles. The molecule has 1 saturated heterocycles. The largest absolute Gasteiger partial charge is 0.382 e. The molecule has 4 heteroatoms. The molecule has 2 unspecified atom stereocenters. The quantitative estimate of drug-likeness (QED) is 0.564. The van der Waals surface area contributed by atoms with Crippen LogP contribution in [0.4, 0.5) is 0 Å². The number of methoxy groups -OCH3 is 1. The number of ether oxygens (including phenoxy) is 2. The highest BCUT2D eigenvalue weighted by Gasteiger charge is 2.34. The predicted molar refractivity (Wildman–Crippen MR) is 77.0 cm³/mol. The van der Waals surface area contributed by atoms with Crippen LogP contribution in [-0.2, 0) is 14.3 Å². The van der Waals surface area contributed by atoms with Gasteiger partial charge in [0.1, 0.15) is 0 Å². The first-order valence-electron chi connectivity index (χ1n) is 6.93. The van der Waals surface area contributed by atoms with E-state index in [1.165, 1.54) is 5.57 Å². The first-order chi connectivity index (χ1) is 9.76. The Morgan fingerprint density at radius 2 is 2.45 bits per heavy atom. The minimum Gasteiger partial charge on any atom is -0.382 e. The van der Waals surface area contributed by atoms with Gasteiger partial charge in [0.15, 0.2) is 6.10 Å². The third-order valence-electron chi connectivity index (χ3n) is 3.57. The van der Waals surface area contributed by atoms with Crippen molar-refractivity contribution in [2.24, 2.45) is 0 Å². The van der Waals surface area contributed by atoms with Gasteiger partial charge in [-0.1, -0.05) is 30.2 Å². The summed E-state index contributed by atoms with van der Waals surface area (Å²) in [4.78, 5) is 14.3. The molecular formula is C16H21NO3. The molecule has 2 aliphatic rings. The van der Waals surface area contributed by atoms with E-state index in [9.17, 15) is 4.79 Å². The zero-order valence-electron chi connectivity index (χ0n) is 11.9. The van der Waals surface area contributed by atoms with Gasteiger partial charge in [-0.05, 0) is 6.42 Å². The van der Waals surface area contributed by atoms with Gasteiger partial charge in [0, 0.05) is 26.5 Å². The van der Waals surface area contributed by atoms with Gasteiger partial charge in [-0.3, -0.25) is 4.79 Å². The predicted octanol–water partition coefficient (Wildman–Crippen LogP) is 1.53. The molecule has 2 atom stereocenters. The Balaban J connectivity index is 2.08. The van der Waals surface area contributed by atoms with E-state index in [0.29, 0.717) is 19.8 Å². The normalized spacial score (nSPS) is 26.4. The minimum absolute atomic E-state index is 0.0284. The van der Waals surface area contributed by atoms with Gasteiger partial charge in [0.2, 0.25) is 0 Å². The van der Waals surface area contributed by atoms with E-state index in [-0.39, 0.29) is 11.9 Å². The summed E-state index contributed by atoms with van der Waals surface area (Å²) in [7, 11) is 1.64. The van der Waals surface area contributed by atoms with E-state index in [0.717, 1.165) is 19.3 Å². The van der Waals surface area contributed by atoms with E-state index >= 15 is 0 Å². The van der Waals surface area contributed by atoms with E-state index in [2.05, 4.69) is 24.5 Å². The molecule has 1 fully saturated rings. The second kappa shape index (κ2) is 7.28. The van der Waals surface area contributed by atoms with E-state index in [1.807, 2.05) is 4.90 Å². The van der Waals surface area contributed by atoms with Crippen molar-refractivity contribution in [2.75, 3.05) is 26.9 Å². The Morgan fingerprint density at radius 1 is 1.60 bits per heavy atom. The Kier molecular flexibility index (Phi) is 5.40. The molecule has 0 N–H and O–H groups in total. The van der Waals surface area contributed by atoms with Crippen molar-refractivity contribution in [2.45, 2.75) is 31.4 Å². The van der Waals surface area contributed by atoms with Crippen LogP contribution in [0.15, 0.2) is 24.3 Å². The number of nitrogens with zero attached hydrogens (tertiary/aromatic N) is 1. The number of allylic oxidation sites excluding steroid dienone is 1. The number of rotatable bonds is 5. The molecule has 2 rings (SSSR count). The molecule has 0 aromatic rings. The molecule has 1 aliphatic carbocycles. The molecular weight excluding hydrogens is 254 g/mol. The lowest BCUT2D eigenvalue weighted by atomic mass is 10.1. The van der Waals surface area contributed by atoms with Crippen LogP contribution in [0.25, 0.3) is 0 Å². The maximum absolute atomic E-state index is 12.4. The Labute approximate surface area is 120 Å². The van der Waals surface area contributed by atoms with Crippen molar-refractivity contribution < 1.29 is 14.3 Å². The molecule has 1 heterocycles. The van der Waals surface area contributed by atoms with Crippen molar-refractivity contribution in [1.29, 1.82) is 0 Å². The average molecular weight is 275 g/mol. The number of carbonyl (C=O) groups excluding carboxylic acids is 1. The maximum Gasteiger partial charge on any atom is 0.256 e. The first kappa shape index (κ1) is 14.8. The summed E-state index contributed by atoms with van der Waals surface area (Å²) in [5.41, 5.74) is 1.25. The summed E-state index contributed by atoms with van der Waals surface area (Å²) in [5, 5.41) is 0. The lowest BCUT2D eigenvalue weighted by Gasteiger charge is -2.38. The van der Waals surface area contributed by atoms with Gasteiger partial charge in [0.05, 0.1) is 19.3 Å². The third kappa shape index (κ3) is 3.50. The fraction of sp³-hybridized carbons (Fsp3) is 0.562. The average Bonchev–Trinajstić information content (AvgIpc) is 2.72. The SMILES string of the molecule is C=CC1OCC(COC)N(CC2=CCC#CCC2)C1=O. The van der Waals surface area contributed by atoms with Crippen molar-refractivity contribution in [1.82, 2.24) is 4.90 Å². The number of hydrogen-bond donors (Lipinski definition) is 0. The number of hydrogen-bond acceptors (Lipinski definition) is 3. The monoisotopic (exact) mass is 275 g/mol. The van der Waals surface area contributed by atoms with Crippen LogP contribution < -0.4 is 0 Å². The van der Waals surface area contributed by atoms with Crippen LogP contribution >= 0.6 is 0 Å². The number of amides is 1. The highest BCUT2D eigenvalue weighted by Crippen LogP contribution is 2.19.